The van der Waals surface area contributed by atoms with Gasteiger partial charge in [0.05, 0.1) is 0 Å². The standard InChI is InChI=1S/C6H11S/c1-7-6-4-2-3-5-6/h6H,1-5H2. The van der Waals surface area contributed by atoms with Crippen LogP contribution in [-0.4, -0.2) is 5.25 Å². The highest BCUT2D eigenvalue weighted by atomic mass is 32.2. The molecule has 0 spiro atoms. The Morgan fingerprint density at radius 3 is 2.14 bits per heavy atom. The zero-order valence-electron chi connectivity index (χ0n) is 4.52. The van der Waals surface area contributed by atoms with Crippen molar-refractivity contribution in [3.63, 3.8) is 0 Å². The van der Waals surface area contributed by atoms with E-state index >= 15 is 0 Å². The average Bonchev–Trinajstić information content (AvgIpc) is 2.14. The molecular weight excluding hydrogens is 104 g/mol. The summed E-state index contributed by atoms with van der Waals surface area (Å²) < 4.78 is 0. The normalized spacial score (nSPS) is 23.6. The van der Waals surface area contributed by atoms with Crippen LogP contribution in [0.4, 0.5) is 0 Å². The lowest BCUT2D eigenvalue weighted by molar-refractivity contribution is 0.886. The third-order valence-electron chi connectivity index (χ3n) is 1.54. The number of hydrogen-bond acceptors (Lipinski definition) is 1. The summed E-state index contributed by atoms with van der Waals surface area (Å²) in [5.41, 5.74) is 0. The molecule has 0 aromatic rings. The molecule has 0 aromatic carbocycles. The van der Waals surface area contributed by atoms with Crippen LogP contribution < -0.4 is 0 Å². The van der Waals surface area contributed by atoms with Crippen LogP contribution in [0.1, 0.15) is 25.7 Å². The van der Waals surface area contributed by atoms with Crippen LogP contribution in [-0.2, 0) is 0 Å². The molecule has 1 rings (SSSR count). The highest BCUT2D eigenvalue weighted by Crippen LogP contribution is 2.27. The Bertz CT molecular complexity index is 46.1. The van der Waals surface area contributed by atoms with E-state index < -0.39 is 0 Å². The molecule has 0 nitrogen and oxygen atoms in total. The van der Waals surface area contributed by atoms with Crippen molar-refractivity contribution in [1.29, 1.82) is 0 Å². The fraction of sp³-hybridized carbons (Fsp3) is 0.833. The molecule has 0 saturated heterocycles. The van der Waals surface area contributed by atoms with Crippen molar-refractivity contribution in [3.8, 4) is 0 Å². The molecule has 0 bridgehead atoms. The molecule has 7 heavy (non-hydrogen) atoms. The lowest BCUT2D eigenvalue weighted by Gasteiger charge is -1.99. The summed E-state index contributed by atoms with van der Waals surface area (Å²) in [6, 6.07) is 0. The summed E-state index contributed by atoms with van der Waals surface area (Å²) in [5.74, 6) is 0. The van der Waals surface area contributed by atoms with Gasteiger partial charge in [-0.3, -0.25) is 0 Å². The summed E-state index contributed by atoms with van der Waals surface area (Å²) in [6.07, 6.45) is 9.48. The highest BCUT2D eigenvalue weighted by Gasteiger charge is 2.11. The van der Waals surface area contributed by atoms with E-state index in [4.69, 9.17) is 0 Å². The molecule has 1 heteroatoms. The fourth-order valence-electron chi connectivity index (χ4n) is 1.06. The molecule has 1 aliphatic rings. The highest BCUT2D eigenvalue weighted by molar-refractivity contribution is 8.01. The van der Waals surface area contributed by atoms with E-state index in [1.54, 1.807) is 11.8 Å². The fourth-order valence-corrected chi connectivity index (χ4v) is 1.72. The van der Waals surface area contributed by atoms with E-state index in [1.165, 1.54) is 25.7 Å². The summed E-state index contributed by atoms with van der Waals surface area (Å²) >= 11 is 1.78. The monoisotopic (exact) mass is 115 g/mol. The smallest absolute Gasteiger partial charge is 0.00473 e. The Morgan fingerprint density at radius 2 is 1.86 bits per heavy atom. The van der Waals surface area contributed by atoms with E-state index in [2.05, 4.69) is 6.26 Å². The van der Waals surface area contributed by atoms with Crippen molar-refractivity contribution in [2.75, 3.05) is 0 Å². The van der Waals surface area contributed by atoms with E-state index in [-0.39, 0.29) is 0 Å². The first-order valence-corrected chi connectivity index (χ1v) is 3.89. The molecule has 1 aliphatic carbocycles. The van der Waals surface area contributed by atoms with Gasteiger partial charge >= 0.3 is 0 Å². The van der Waals surface area contributed by atoms with Crippen LogP contribution in [0, 0.1) is 6.26 Å². The van der Waals surface area contributed by atoms with Gasteiger partial charge in [0, 0.05) is 11.5 Å². The first kappa shape index (κ1) is 5.49. The van der Waals surface area contributed by atoms with Crippen molar-refractivity contribution in [1.82, 2.24) is 0 Å². The van der Waals surface area contributed by atoms with Crippen LogP contribution in [0.25, 0.3) is 0 Å². The zero-order chi connectivity index (χ0) is 5.11. The maximum Gasteiger partial charge on any atom is 0.00473 e. The molecule has 0 aromatic heterocycles. The SMILES string of the molecule is [CH2]SC1CCCC1. The molecule has 0 amide bonds. The molecule has 1 saturated carbocycles. The van der Waals surface area contributed by atoms with Crippen molar-refractivity contribution in [2.24, 2.45) is 0 Å². The van der Waals surface area contributed by atoms with Crippen molar-refractivity contribution >= 4 is 11.8 Å². The molecule has 1 fully saturated rings. The molecule has 0 aliphatic heterocycles. The number of rotatable bonds is 1. The third-order valence-corrected chi connectivity index (χ3v) is 2.48. The zero-order valence-corrected chi connectivity index (χ0v) is 5.34. The molecule has 0 N–H and O–H groups in total. The lowest BCUT2D eigenvalue weighted by Crippen LogP contribution is -1.88. The second kappa shape index (κ2) is 2.61. The first-order valence-electron chi connectivity index (χ1n) is 2.84. The van der Waals surface area contributed by atoms with E-state index in [9.17, 15) is 0 Å². The van der Waals surface area contributed by atoms with Crippen molar-refractivity contribution in [3.05, 3.63) is 6.26 Å². The van der Waals surface area contributed by atoms with Gasteiger partial charge in [-0.1, -0.05) is 12.8 Å². The van der Waals surface area contributed by atoms with E-state index in [0.717, 1.165) is 5.25 Å². The minimum atomic E-state index is 0.903. The van der Waals surface area contributed by atoms with Crippen LogP contribution >= 0.6 is 11.8 Å². The molecule has 0 unspecified atom stereocenters. The second-order valence-electron chi connectivity index (χ2n) is 2.07. The molecule has 1 radical (unpaired) electrons. The van der Waals surface area contributed by atoms with Gasteiger partial charge in [-0.25, -0.2) is 0 Å². The van der Waals surface area contributed by atoms with Crippen LogP contribution in [0.5, 0.6) is 0 Å². The maximum absolute atomic E-state index is 3.78. The quantitative estimate of drug-likeness (QED) is 0.506. The molecule has 41 valence electrons. The van der Waals surface area contributed by atoms with Crippen molar-refractivity contribution in [2.45, 2.75) is 30.9 Å². The Kier molecular flexibility index (Phi) is 2.04. The predicted molar refractivity (Wildman–Crippen MR) is 35.2 cm³/mol. The Balaban J connectivity index is 2.14. The maximum atomic E-state index is 3.78. The summed E-state index contributed by atoms with van der Waals surface area (Å²) in [5, 5.41) is 0.903. The van der Waals surface area contributed by atoms with Gasteiger partial charge in [0.25, 0.3) is 0 Å². The first-order chi connectivity index (χ1) is 3.43. The molecule has 0 atom stereocenters. The van der Waals surface area contributed by atoms with E-state index in [0.29, 0.717) is 0 Å². The minimum absolute atomic E-state index is 0.903. The molecule has 0 heterocycles. The topological polar surface area (TPSA) is 0 Å². The summed E-state index contributed by atoms with van der Waals surface area (Å²) in [6.45, 7) is 0. The van der Waals surface area contributed by atoms with Crippen LogP contribution in [0.3, 0.4) is 0 Å². The Morgan fingerprint density at radius 1 is 1.29 bits per heavy atom. The predicted octanol–water partition coefficient (Wildman–Crippen LogP) is 2.45. The van der Waals surface area contributed by atoms with Gasteiger partial charge in [-0.2, -0.15) is 11.8 Å². The van der Waals surface area contributed by atoms with Crippen LogP contribution in [0.15, 0.2) is 0 Å². The van der Waals surface area contributed by atoms with Crippen molar-refractivity contribution < 1.29 is 0 Å². The minimum Gasteiger partial charge on any atom is -0.158 e. The molecular formula is C6H11S. The summed E-state index contributed by atoms with van der Waals surface area (Å²) in [7, 11) is 0. The largest absolute Gasteiger partial charge is 0.158 e. The average molecular weight is 115 g/mol. The Labute approximate surface area is 49.7 Å². The third kappa shape index (κ3) is 1.37. The van der Waals surface area contributed by atoms with Gasteiger partial charge in [-0.05, 0) is 12.8 Å². The Hall–Kier alpha value is 0.350. The van der Waals surface area contributed by atoms with E-state index in [1.807, 2.05) is 0 Å². The van der Waals surface area contributed by atoms with Gasteiger partial charge in [-0.15, -0.1) is 0 Å². The van der Waals surface area contributed by atoms with Gasteiger partial charge in [0.2, 0.25) is 0 Å². The lowest BCUT2D eigenvalue weighted by atomic mass is 10.4. The van der Waals surface area contributed by atoms with Gasteiger partial charge in [0.15, 0.2) is 0 Å². The van der Waals surface area contributed by atoms with Gasteiger partial charge in [0.1, 0.15) is 0 Å². The second-order valence-corrected chi connectivity index (χ2v) is 3.07. The van der Waals surface area contributed by atoms with Crippen LogP contribution in [0.2, 0.25) is 0 Å². The van der Waals surface area contributed by atoms with Gasteiger partial charge < -0.3 is 0 Å². The summed E-state index contributed by atoms with van der Waals surface area (Å²) in [4.78, 5) is 0. The number of hydrogen-bond donors (Lipinski definition) is 0. The number of thioether (sulfide) groups is 1.